The van der Waals surface area contributed by atoms with Gasteiger partial charge in [-0.3, -0.25) is 0 Å². The first-order valence-corrected chi connectivity index (χ1v) is 8.89. The van der Waals surface area contributed by atoms with E-state index >= 15 is 0 Å². The van der Waals surface area contributed by atoms with Gasteiger partial charge in [0.15, 0.2) is 0 Å². The Balaban J connectivity index is 1.93. The maximum Gasteiger partial charge on any atom is 0.127 e. The molecule has 0 aliphatic carbocycles. The molecule has 0 radical (unpaired) electrons. The minimum absolute atomic E-state index is 0.185. The van der Waals surface area contributed by atoms with Gasteiger partial charge < -0.3 is 9.88 Å². The summed E-state index contributed by atoms with van der Waals surface area (Å²) in [5, 5.41) is 3.77. The van der Waals surface area contributed by atoms with E-state index in [-0.39, 0.29) is 6.04 Å². The summed E-state index contributed by atoms with van der Waals surface area (Å²) < 4.78 is 2.35. The summed E-state index contributed by atoms with van der Waals surface area (Å²) in [6.45, 7) is 8.88. The molecule has 2 aromatic carbocycles. The third-order valence-electron chi connectivity index (χ3n) is 4.59. The van der Waals surface area contributed by atoms with Crippen LogP contribution in [-0.2, 0) is 0 Å². The molecule has 0 aliphatic heterocycles. The summed E-state index contributed by atoms with van der Waals surface area (Å²) in [4.78, 5) is 4.92. The summed E-state index contributed by atoms with van der Waals surface area (Å²) in [5.74, 6) is 1.11. The summed E-state index contributed by atoms with van der Waals surface area (Å²) in [6, 6.07) is 20.0. The second kappa shape index (κ2) is 7.18. The highest BCUT2D eigenvalue weighted by Gasteiger charge is 2.21. The Morgan fingerprint density at radius 1 is 0.958 bits per heavy atom. The zero-order valence-corrected chi connectivity index (χ0v) is 15.0. The van der Waals surface area contributed by atoms with Gasteiger partial charge in [0.05, 0.1) is 17.1 Å². The molecule has 0 spiro atoms. The van der Waals surface area contributed by atoms with Crippen LogP contribution in [0.5, 0.6) is 0 Å². The number of benzene rings is 2. The van der Waals surface area contributed by atoms with E-state index in [2.05, 4.69) is 92.2 Å². The highest BCUT2D eigenvalue weighted by molar-refractivity contribution is 5.76. The fraction of sp³-hybridized carbons (Fsp3) is 0.381. The standard InChI is InChI=1S/C21H27N3/c1-5-18(17-11-7-6-8-12-17)22-16(4)21-23-19-13-9-10-14-20(19)24(21)15(2)3/h6-16,18,22H,5H2,1-4H3/t16-,18-/m1/s1. The van der Waals surface area contributed by atoms with Crippen LogP contribution >= 0.6 is 0 Å². The zero-order chi connectivity index (χ0) is 17.1. The molecule has 1 heterocycles. The van der Waals surface area contributed by atoms with Gasteiger partial charge in [0, 0.05) is 12.1 Å². The van der Waals surface area contributed by atoms with Crippen molar-refractivity contribution in [2.45, 2.75) is 52.2 Å². The molecule has 2 atom stereocenters. The number of nitrogens with zero attached hydrogens (tertiary/aromatic N) is 2. The van der Waals surface area contributed by atoms with E-state index in [1.54, 1.807) is 0 Å². The molecule has 3 rings (SSSR count). The smallest absolute Gasteiger partial charge is 0.127 e. The Bertz CT molecular complexity index is 789. The molecule has 3 nitrogen and oxygen atoms in total. The molecule has 1 aromatic heterocycles. The van der Waals surface area contributed by atoms with Crippen LogP contribution in [0.2, 0.25) is 0 Å². The first-order valence-electron chi connectivity index (χ1n) is 8.89. The fourth-order valence-corrected chi connectivity index (χ4v) is 3.42. The molecule has 0 amide bonds. The fourth-order valence-electron chi connectivity index (χ4n) is 3.42. The van der Waals surface area contributed by atoms with Crippen LogP contribution in [0.3, 0.4) is 0 Å². The van der Waals surface area contributed by atoms with Crippen molar-refractivity contribution in [3.63, 3.8) is 0 Å². The SMILES string of the molecule is CC[C@@H](N[C@H](C)c1nc2ccccc2n1C(C)C)c1ccccc1. The molecular formula is C21H27N3. The molecule has 3 heteroatoms. The first kappa shape index (κ1) is 16.7. The van der Waals surface area contributed by atoms with Gasteiger partial charge in [0.2, 0.25) is 0 Å². The second-order valence-electron chi connectivity index (χ2n) is 6.68. The monoisotopic (exact) mass is 321 g/mol. The largest absolute Gasteiger partial charge is 0.324 e. The summed E-state index contributed by atoms with van der Waals surface area (Å²) >= 11 is 0. The predicted octanol–water partition coefficient (Wildman–Crippen LogP) is 5.42. The van der Waals surface area contributed by atoms with Crippen LogP contribution < -0.4 is 5.32 Å². The summed E-state index contributed by atoms with van der Waals surface area (Å²) in [6.07, 6.45) is 1.05. The van der Waals surface area contributed by atoms with Gasteiger partial charge in [-0.25, -0.2) is 4.98 Å². The van der Waals surface area contributed by atoms with Gasteiger partial charge in [-0.2, -0.15) is 0 Å². The van der Waals surface area contributed by atoms with E-state index in [0.29, 0.717) is 12.1 Å². The zero-order valence-electron chi connectivity index (χ0n) is 15.0. The number of hydrogen-bond acceptors (Lipinski definition) is 2. The molecule has 1 N–H and O–H groups in total. The van der Waals surface area contributed by atoms with Gasteiger partial charge in [-0.05, 0) is 44.9 Å². The normalized spacial score (nSPS) is 14.2. The average Bonchev–Trinajstić information content (AvgIpc) is 3.00. The molecular weight excluding hydrogens is 294 g/mol. The molecule has 24 heavy (non-hydrogen) atoms. The molecule has 0 saturated carbocycles. The Kier molecular flexibility index (Phi) is 5.00. The third kappa shape index (κ3) is 3.22. The number of imidazole rings is 1. The number of rotatable bonds is 6. The van der Waals surface area contributed by atoms with Gasteiger partial charge in [-0.1, -0.05) is 49.4 Å². The van der Waals surface area contributed by atoms with Crippen LogP contribution in [0.4, 0.5) is 0 Å². The van der Waals surface area contributed by atoms with Gasteiger partial charge in [-0.15, -0.1) is 0 Å². The Hall–Kier alpha value is -2.13. The van der Waals surface area contributed by atoms with E-state index in [1.807, 2.05) is 0 Å². The first-order chi connectivity index (χ1) is 11.6. The molecule has 0 saturated heterocycles. The number of fused-ring (bicyclic) bond motifs is 1. The third-order valence-corrected chi connectivity index (χ3v) is 4.59. The van der Waals surface area contributed by atoms with E-state index in [9.17, 15) is 0 Å². The molecule has 126 valence electrons. The lowest BCUT2D eigenvalue weighted by atomic mass is 10.0. The van der Waals surface area contributed by atoms with Crippen molar-refractivity contribution in [3.05, 3.63) is 66.0 Å². The summed E-state index contributed by atoms with van der Waals surface area (Å²) in [7, 11) is 0. The van der Waals surface area contributed by atoms with Crippen molar-refractivity contribution in [3.8, 4) is 0 Å². The maximum absolute atomic E-state index is 4.92. The Labute approximate surface area is 144 Å². The predicted molar refractivity (Wildman–Crippen MR) is 101 cm³/mol. The van der Waals surface area contributed by atoms with Crippen molar-refractivity contribution in [1.29, 1.82) is 0 Å². The number of hydrogen-bond donors (Lipinski definition) is 1. The van der Waals surface area contributed by atoms with E-state index in [0.717, 1.165) is 17.8 Å². The minimum Gasteiger partial charge on any atom is -0.324 e. The van der Waals surface area contributed by atoms with Crippen LogP contribution in [0, 0.1) is 0 Å². The molecule has 0 bridgehead atoms. The van der Waals surface area contributed by atoms with Crippen molar-refractivity contribution in [2.75, 3.05) is 0 Å². The molecule has 0 aliphatic rings. The number of para-hydroxylation sites is 2. The quantitative estimate of drug-likeness (QED) is 0.657. The van der Waals surface area contributed by atoms with E-state index < -0.39 is 0 Å². The lowest BCUT2D eigenvalue weighted by molar-refractivity contribution is 0.423. The van der Waals surface area contributed by atoms with Crippen molar-refractivity contribution < 1.29 is 0 Å². The topological polar surface area (TPSA) is 29.9 Å². The van der Waals surface area contributed by atoms with Crippen molar-refractivity contribution >= 4 is 11.0 Å². The van der Waals surface area contributed by atoms with E-state index in [4.69, 9.17) is 4.98 Å². The van der Waals surface area contributed by atoms with Gasteiger partial charge in [0.1, 0.15) is 5.82 Å². The summed E-state index contributed by atoms with van der Waals surface area (Å²) in [5.41, 5.74) is 3.62. The van der Waals surface area contributed by atoms with E-state index in [1.165, 1.54) is 11.1 Å². The van der Waals surface area contributed by atoms with Crippen LogP contribution in [0.1, 0.15) is 63.6 Å². The van der Waals surface area contributed by atoms with Crippen molar-refractivity contribution in [1.82, 2.24) is 14.9 Å². The number of aromatic nitrogens is 2. The minimum atomic E-state index is 0.185. The van der Waals surface area contributed by atoms with Crippen LogP contribution in [0.25, 0.3) is 11.0 Å². The van der Waals surface area contributed by atoms with Crippen LogP contribution in [0.15, 0.2) is 54.6 Å². The Morgan fingerprint density at radius 3 is 2.29 bits per heavy atom. The van der Waals surface area contributed by atoms with Gasteiger partial charge >= 0.3 is 0 Å². The second-order valence-corrected chi connectivity index (χ2v) is 6.68. The highest BCUT2D eigenvalue weighted by Crippen LogP contribution is 2.27. The Morgan fingerprint density at radius 2 is 1.62 bits per heavy atom. The van der Waals surface area contributed by atoms with Crippen molar-refractivity contribution in [2.24, 2.45) is 0 Å². The average molecular weight is 321 g/mol. The van der Waals surface area contributed by atoms with Crippen LogP contribution in [-0.4, -0.2) is 9.55 Å². The maximum atomic E-state index is 4.92. The molecule has 3 aromatic rings. The van der Waals surface area contributed by atoms with Gasteiger partial charge in [0.25, 0.3) is 0 Å². The highest BCUT2D eigenvalue weighted by atomic mass is 15.1. The molecule has 0 unspecified atom stereocenters. The molecule has 0 fully saturated rings. The lowest BCUT2D eigenvalue weighted by Crippen LogP contribution is -2.27. The number of nitrogens with one attached hydrogen (secondary N) is 1. The lowest BCUT2D eigenvalue weighted by Gasteiger charge is -2.24.